The molecule has 0 atom stereocenters. The van der Waals surface area contributed by atoms with Crippen molar-refractivity contribution in [3.05, 3.63) is 111 Å². The summed E-state index contributed by atoms with van der Waals surface area (Å²) in [4.78, 5) is 46.8. The van der Waals surface area contributed by atoms with E-state index in [4.69, 9.17) is 0 Å². The summed E-state index contributed by atoms with van der Waals surface area (Å²) < 4.78 is 0. The second kappa shape index (κ2) is 10.5. The lowest BCUT2D eigenvalue weighted by Gasteiger charge is -2.09. The first kappa shape index (κ1) is 22.9. The molecule has 3 aromatic rings. The van der Waals surface area contributed by atoms with E-state index in [1.807, 2.05) is 19.1 Å². The Morgan fingerprint density at radius 1 is 0.879 bits per heavy atom. The van der Waals surface area contributed by atoms with Gasteiger partial charge in [0, 0.05) is 35.0 Å². The monoisotopic (exact) mass is 444 g/mol. The highest BCUT2D eigenvalue weighted by Crippen LogP contribution is 2.15. The Bertz CT molecular complexity index is 1240. The molecule has 0 aliphatic rings. The molecule has 0 unspecified atom stereocenters. The molecule has 0 heterocycles. The molecule has 0 radical (unpaired) electrons. The molecule has 0 saturated heterocycles. The summed E-state index contributed by atoms with van der Waals surface area (Å²) in [5.41, 5.74) is 7.07. The van der Waals surface area contributed by atoms with Crippen molar-refractivity contribution in [2.24, 2.45) is 0 Å². The number of carbonyl (C=O) groups excluding carboxylic acids is 3. The lowest BCUT2D eigenvalue weighted by atomic mass is 10.1. The van der Waals surface area contributed by atoms with Gasteiger partial charge in [0.2, 0.25) is 0 Å². The van der Waals surface area contributed by atoms with Gasteiger partial charge in [0.1, 0.15) is 0 Å². The van der Waals surface area contributed by atoms with Crippen LogP contribution in [-0.4, -0.2) is 22.6 Å². The number of rotatable bonds is 6. The fraction of sp³-hybridized carbons (Fsp3) is 0.0417. The van der Waals surface area contributed by atoms with Crippen molar-refractivity contribution in [3.8, 4) is 0 Å². The number of nitro groups is 1. The largest absolute Gasteiger partial charge is 0.322 e. The van der Waals surface area contributed by atoms with Crippen LogP contribution in [0.5, 0.6) is 0 Å². The van der Waals surface area contributed by atoms with Gasteiger partial charge >= 0.3 is 0 Å². The second-order valence-corrected chi connectivity index (χ2v) is 6.98. The third-order valence-corrected chi connectivity index (χ3v) is 4.60. The highest BCUT2D eigenvalue weighted by Gasteiger charge is 2.10. The molecule has 166 valence electrons. The Morgan fingerprint density at radius 3 is 2.30 bits per heavy atom. The van der Waals surface area contributed by atoms with Gasteiger partial charge in [-0.3, -0.25) is 35.3 Å². The number of nitro benzene ring substituents is 1. The van der Waals surface area contributed by atoms with Crippen LogP contribution in [0.25, 0.3) is 6.08 Å². The Balaban J connectivity index is 1.52. The van der Waals surface area contributed by atoms with Gasteiger partial charge in [0.25, 0.3) is 23.4 Å². The van der Waals surface area contributed by atoms with Gasteiger partial charge in [-0.1, -0.05) is 30.3 Å². The second-order valence-electron chi connectivity index (χ2n) is 6.98. The van der Waals surface area contributed by atoms with Crippen molar-refractivity contribution in [3.63, 3.8) is 0 Å². The molecule has 9 nitrogen and oxygen atoms in total. The van der Waals surface area contributed by atoms with Crippen molar-refractivity contribution in [2.75, 3.05) is 5.32 Å². The summed E-state index contributed by atoms with van der Waals surface area (Å²) in [6, 6.07) is 19.1. The number of amides is 3. The zero-order chi connectivity index (χ0) is 23.8. The smallest absolute Gasteiger partial charge is 0.270 e. The topological polar surface area (TPSA) is 130 Å². The molecule has 3 N–H and O–H groups in total. The summed E-state index contributed by atoms with van der Waals surface area (Å²) in [6.07, 6.45) is 2.53. The summed E-state index contributed by atoms with van der Waals surface area (Å²) in [5, 5.41) is 13.6. The van der Waals surface area contributed by atoms with Gasteiger partial charge in [-0.15, -0.1) is 0 Å². The molecule has 0 spiro atoms. The maximum absolute atomic E-state index is 12.4. The minimum atomic E-state index is -0.614. The average Bonchev–Trinajstić information content (AvgIpc) is 2.82. The van der Waals surface area contributed by atoms with Crippen LogP contribution in [0.2, 0.25) is 0 Å². The molecule has 0 fully saturated rings. The molecule has 0 bridgehead atoms. The van der Waals surface area contributed by atoms with Crippen molar-refractivity contribution >= 4 is 35.2 Å². The van der Waals surface area contributed by atoms with Gasteiger partial charge in [0.15, 0.2) is 0 Å². The SMILES string of the molecule is Cc1ccccc1C(=O)Nc1ccc(C(=O)NNC(=O)/C=C/c2cccc([N+](=O)[O-])c2)cc1. The van der Waals surface area contributed by atoms with Crippen LogP contribution >= 0.6 is 0 Å². The number of aryl methyl sites for hydroxylation is 1. The molecule has 3 rings (SSSR count). The number of hydrogen-bond donors (Lipinski definition) is 3. The number of nitrogens with zero attached hydrogens (tertiary/aromatic N) is 1. The number of anilines is 1. The number of non-ortho nitro benzene ring substituents is 1. The molecule has 33 heavy (non-hydrogen) atoms. The minimum Gasteiger partial charge on any atom is -0.322 e. The normalized spacial score (nSPS) is 10.5. The molecular weight excluding hydrogens is 424 g/mol. The van der Waals surface area contributed by atoms with Crippen LogP contribution in [0, 0.1) is 17.0 Å². The summed E-state index contributed by atoms with van der Waals surface area (Å²) in [6.45, 7) is 1.84. The predicted molar refractivity (Wildman–Crippen MR) is 123 cm³/mol. The number of nitrogens with one attached hydrogen (secondary N) is 3. The maximum atomic E-state index is 12.4. The molecule has 0 aliphatic heterocycles. The quantitative estimate of drug-likeness (QED) is 0.304. The molecule has 0 aliphatic carbocycles. The molecule has 9 heteroatoms. The zero-order valence-electron chi connectivity index (χ0n) is 17.6. The summed E-state index contributed by atoms with van der Waals surface area (Å²) >= 11 is 0. The van der Waals surface area contributed by atoms with Gasteiger partial charge in [-0.2, -0.15) is 0 Å². The van der Waals surface area contributed by atoms with E-state index in [-0.39, 0.29) is 17.2 Å². The van der Waals surface area contributed by atoms with Crippen LogP contribution < -0.4 is 16.2 Å². The minimum absolute atomic E-state index is 0.0931. The van der Waals surface area contributed by atoms with E-state index in [0.29, 0.717) is 16.8 Å². The molecule has 0 saturated carbocycles. The van der Waals surface area contributed by atoms with Gasteiger partial charge in [0.05, 0.1) is 4.92 Å². The highest BCUT2D eigenvalue weighted by atomic mass is 16.6. The van der Waals surface area contributed by atoms with E-state index in [1.54, 1.807) is 30.3 Å². The van der Waals surface area contributed by atoms with E-state index in [1.165, 1.54) is 36.4 Å². The third-order valence-electron chi connectivity index (χ3n) is 4.60. The van der Waals surface area contributed by atoms with Gasteiger partial charge in [-0.25, -0.2) is 0 Å². The van der Waals surface area contributed by atoms with Crippen LogP contribution in [0.3, 0.4) is 0 Å². The Labute approximate surface area is 189 Å². The van der Waals surface area contributed by atoms with E-state index < -0.39 is 16.7 Å². The summed E-state index contributed by atoms with van der Waals surface area (Å²) in [7, 11) is 0. The molecular formula is C24H20N4O5. The van der Waals surface area contributed by atoms with E-state index >= 15 is 0 Å². The molecule has 3 aromatic carbocycles. The fourth-order valence-electron chi connectivity index (χ4n) is 2.88. The first-order chi connectivity index (χ1) is 15.8. The van der Waals surface area contributed by atoms with Crippen molar-refractivity contribution in [1.29, 1.82) is 0 Å². The Kier molecular flexibility index (Phi) is 7.28. The van der Waals surface area contributed by atoms with Crippen LogP contribution in [0.4, 0.5) is 11.4 Å². The van der Waals surface area contributed by atoms with Crippen LogP contribution in [-0.2, 0) is 4.79 Å². The Hall–Kier alpha value is -4.79. The standard InChI is InChI=1S/C24H20N4O5/c1-16-5-2-3-8-21(16)24(31)25-19-12-10-18(11-13-19)23(30)27-26-22(29)14-9-17-6-4-7-20(15-17)28(32)33/h2-15H,1H3,(H,25,31)(H,26,29)(H,27,30)/b14-9+. The van der Waals surface area contributed by atoms with Crippen molar-refractivity contribution < 1.29 is 19.3 Å². The van der Waals surface area contributed by atoms with E-state index in [0.717, 1.165) is 11.6 Å². The molecule has 3 amide bonds. The summed E-state index contributed by atoms with van der Waals surface area (Å²) in [5.74, 6) is -1.42. The predicted octanol–water partition coefficient (Wildman–Crippen LogP) is 3.63. The maximum Gasteiger partial charge on any atom is 0.270 e. The van der Waals surface area contributed by atoms with Crippen LogP contribution in [0.15, 0.2) is 78.9 Å². The van der Waals surface area contributed by atoms with Gasteiger partial charge < -0.3 is 5.32 Å². The lowest BCUT2D eigenvalue weighted by Crippen LogP contribution is -2.40. The number of hydrazine groups is 1. The van der Waals surface area contributed by atoms with E-state index in [2.05, 4.69) is 16.2 Å². The molecule has 0 aromatic heterocycles. The number of hydrogen-bond acceptors (Lipinski definition) is 5. The first-order valence-corrected chi connectivity index (χ1v) is 9.83. The van der Waals surface area contributed by atoms with Crippen molar-refractivity contribution in [2.45, 2.75) is 6.92 Å². The average molecular weight is 444 g/mol. The highest BCUT2D eigenvalue weighted by molar-refractivity contribution is 6.05. The fourth-order valence-corrected chi connectivity index (χ4v) is 2.88. The van der Waals surface area contributed by atoms with Gasteiger partial charge in [-0.05, 0) is 54.5 Å². The van der Waals surface area contributed by atoms with Crippen molar-refractivity contribution in [1.82, 2.24) is 10.9 Å². The number of benzene rings is 3. The number of carbonyl (C=O) groups is 3. The lowest BCUT2D eigenvalue weighted by molar-refractivity contribution is -0.384. The Morgan fingerprint density at radius 2 is 1.61 bits per heavy atom. The third kappa shape index (κ3) is 6.34. The van der Waals surface area contributed by atoms with Crippen LogP contribution in [0.1, 0.15) is 31.8 Å². The zero-order valence-corrected chi connectivity index (χ0v) is 17.6. The first-order valence-electron chi connectivity index (χ1n) is 9.83. The van der Waals surface area contributed by atoms with E-state index in [9.17, 15) is 24.5 Å².